The van der Waals surface area contributed by atoms with Crippen LogP contribution in [0.25, 0.3) is 0 Å². The Morgan fingerprint density at radius 1 is 1.56 bits per heavy atom. The third-order valence-corrected chi connectivity index (χ3v) is 2.40. The van der Waals surface area contributed by atoms with Crippen molar-refractivity contribution in [2.24, 2.45) is 0 Å². The number of hydrogen-bond acceptors (Lipinski definition) is 3. The van der Waals surface area contributed by atoms with Crippen LogP contribution in [-0.2, 0) is 14.9 Å². The standard InChI is InChI=1S/C15H21NO2/c1-3-18-14(17)15(9-11-16(2)12-10-15)13-7-5-4-6-8-13/h4-8H,3,9-12H2,1-2H3/i1D3,2D3,3D2,4D,5D,6D,7D,8D,9D2,10D2. The molecular weight excluding hydrogens is 226 g/mol. The normalized spacial score (nSPS) is 41.0. The fourth-order valence-corrected chi connectivity index (χ4v) is 1.53. The first kappa shape index (κ1) is 3.40. The van der Waals surface area contributed by atoms with E-state index in [4.69, 9.17) is 23.3 Å². The van der Waals surface area contributed by atoms with E-state index in [1.807, 2.05) is 0 Å². The van der Waals surface area contributed by atoms with Gasteiger partial charge in [0.2, 0.25) is 0 Å². The van der Waals surface area contributed by atoms with Crippen LogP contribution in [-0.4, -0.2) is 37.5 Å². The molecule has 1 fully saturated rings. The second-order valence-electron chi connectivity index (χ2n) is 3.45. The van der Waals surface area contributed by atoms with E-state index in [1.54, 1.807) is 0 Å². The maximum atomic E-state index is 13.5. The molecule has 0 atom stereocenters. The van der Waals surface area contributed by atoms with E-state index in [1.165, 1.54) is 0 Å². The maximum absolute atomic E-state index is 13.5. The lowest BCUT2D eigenvalue weighted by Crippen LogP contribution is -2.47. The summed E-state index contributed by atoms with van der Waals surface area (Å²) in [6, 6.07) is -5.59. The number of carbonyl (C=O) groups is 1. The van der Waals surface area contributed by atoms with Crippen molar-refractivity contribution in [3.8, 4) is 0 Å². The molecule has 1 saturated heterocycles. The molecule has 1 aromatic rings. The Bertz CT molecular complexity index is 981. The molecule has 0 saturated carbocycles. The first-order valence-electron chi connectivity index (χ1n) is 13.4. The molecule has 2 rings (SSSR count). The fraction of sp³-hybridized carbons (Fsp3) is 0.533. The van der Waals surface area contributed by atoms with E-state index >= 15 is 0 Å². The van der Waals surface area contributed by atoms with Gasteiger partial charge >= 0.3 is 5.97 Å². The van der Waals surface area contributed by atoms with Gasteiger partial charge in [0, 0.05) is 13.7 Å². The van der Waals surface area contributed by atoms with Gasteiger partial charge in [-0.05, 0) is 45.2 Å². The Morgan fingerprint density at radius 2 is 2.28 bits per heavy atom. The van der Waals surface area contributed by atoms with Crippen LogP contribution in [0, 0.1) is 0 Å². The summed E-state index contributed by atoms with van der Waals surface area (Å²) in [6.07, 6.45) is -6.84. The number of carbonyl (C=O) groups excluding carboxylic acids is 1. The molecule has 1 aliphatic heterocycles. The Labute approximate surface area is 133 Å². The number of nitrogens with zero attached hydrogens (tertiary/aromatic N) is 1. The number of piperidine rings is 1. The summed E-state index contributed by atoms with van der Waals surface area (Å²) in [6.45, 7) is -13.0. The number of hydrogen-bond donors (Lipinski definition) is 0. The quantitative estimate of drug-likeness (QED) is 0.784. The molecule has 0 unspecified atom stereocenters. The minimum Gasteiger partial charge on any atom is -0.465 e. The number of rotatable bonds is 3. The average Bonchev–Trinajstić information content (AvgIpc) is 2.63. The van der Waals surface area contributed by atoms with Crippen LogP contribution < -0.4 is 0 Å². The van der Waals surface area contributed by atoms with Crippen molar-refractivity contribution in [3.63, 3.8) is 0 Å². The lowest BCUT2D eigenvalue weighted by atomic mass is 9.73. The molecule has 0 N–H and O–H groups in total. The van der Waals surface area contributed by atoms with Gasteiger partial charge in [-0.2, -0.15) is 0 Å². The predicted molar refractivity (Wildman–Crippen MR) is 71.5 cm³/mol. The van der Waals surface area contributed by atoms with Gasteiger partial charge in [0.25, 0.3) is 0 Å². The molecule has 1 heterocycles. The summed E-state index contributed by atoms with van der Waals surface area (Å²) < 4.78 is 138. The molecule has 1 aliphatic rings. The minimum atomic E-state index is -3.81. The molecular formula is C15H21NO2. The molecule has 0 spiro atoms. The Hall–Kier alpha value is -1.35. The summed E-state index contributed by atoms with van der Waals surface area (Å²) in [5, 5.41) is 0. The second kappa shape index (κ2) is 5.53. The summed E-state index contributed by atoms with van der Waals surface area (Å²) in [5.74, 6) is -2.21. The van der Waals surface area contributed by atoms with Crippen molar-refractivity contribution in [2.45, 2.75) is 25.0 Å². The summed E-state index contributed by atoms with van der Waals surface area (Å²) in [4.78, 5) is 13.8. The highest BCUT2D eigenvalue weighted by molar-refractivity contribution is 5.83. The van der Waals surface area contributed by atoms with Crippen molar-refractivity contribution in [1.29, 1.82) is 0 Å². The monoisotopic (exact) mass is 264 g/mol. The summed E-state index contributed by atoms with van der Waals surface area (Å²) in [5.41, 5.74) is -4.83. The molecule has 0 radical (unpaired) electrons. The van der Waals surface area contributed by atoms with Crippen molar-refractivity contribution < 1.29 is 32.8 Å². The number of esters is 1. The van der Waals surface area contributed by atoms with Crippen molar-refractivity contribution >= 4 is 5.97 Å². The fourth-order valence-electron chi connectivity index (χ4n) is 1.53. The third kappa shape index (κ3) is 2.41. The van der Waals surface area contributed by atoms with Gasteiger partial charge in [-0.25, -0.2) is 0 Å². The van der Waals surface area contributed by atoms with Gasteiger partial charge < -0.3 is 9.64 Å². The highest BCUT2D eigenvalue weighted by Gasteiger charge is 2.43. The van der Waals surface area contributed by atoms with E-state index in [2.05, 4.69) is 4.74 Å². The van der Waals surface area contributed by atoms with E-state index in [-0.39, 0.29) is 0 Å². The molecule has 1 aromatic carbocycles. The molecule has 0 aromatic heterocycles. The van der Waals surface area contributed by atoms with Crippen LogP contribution in [0.5, 0.6) is 0 Å². The SMILES string of the molecule is [2H]c1c([2H])c([2H])c(C2(C(=O)OC([2H])([2H])C([2H])([2H])[2H])C([2H])([2H])CN(C([2H])([2H])[2H])CC2([2H])[2H])c([2H])c1[2H]. The predicted octanol–water partition coefficient (Wildman–Crippen LogP) is 2.21. The smallest absolute Gasteiger partial charge is 0.316 e. The van der Waals surface area contributed by atoms with Crippen LogP contribution in [0.4, 0.5) is 0 Å². The molecule has 3 heteroatoms. The lowest BCUT2D eigenvalue weighted by Gasteiger charge is -2.38. The van der Waals surface area contributed by atoms with Crippen molar-refractivity contribution in [3.05, 3.63) is 35.8 Å². The molecule has 0 amide bonds. The molecule has 3 nitrogen and oxygen atoms in total. The van der Waals surface area contributed by atoms with Gasteiger partial charge in [0.1, 0.15) is 0 Å². The highest BCUT2D eigenvalue weighted by atomic mass is 16.5. The summed E-state index contributed by atoms with van der Waals surface area (Å²) >= 11 is 0. The van der Waals surface area contributed by atoms with Crippen LogP contribution in [0.15, 0.2) is 30.2 Å². The van der Waals surface area contributed by atoms with Gasteiger partial charge in [-0.3, -0.25) is 4.79 Å². The maximum Gasteiger partial charge on any atom is 0.316 e. The number of ether oxygens (including phenoxy) is 1. The lowest BCUT2D eigenvalue weighted by molar-refractivity contribution is -0.152. The highest BCUT2D eigenvalue weighted by Crippen LogP contribution is 2.36. The van der Waals surface area contributed by atoms with E-state index in [9.17, 15) is 4.79 Å². The Kier molecular flexibility index (Phi) is 1.04. The largest absolute Gasteiger partial charge is 0.465 e. The zero-order valence-corrected chi connectivity index (χ0v) is 9.18. The average molecular weight is 264 g/mol. The Morgan fingerprint density at radius 3 is 2.89 bits per heavy atom. The first-order chi connectivity index (χ1) is 15.4. The van der Waals surface area contributed by atoms with E-state index < -0.39 is 93.4 Å². The third-order valence-electron chi connectivity index (χ3n) is 2.40. The topological polar surface area (TPSA) is 29.5 Å². The minimum absolute atomic E-state index is 0.353. The van der Waals surface area contributed by atoms with Crippen LogP contribution >= 0.6 is 0 Å². The van der Waals surface area contributed by atoms with Crippen LogP contribution in [0.1, 0.15) is 48.5 Å². The van der Waals surface area contributed by atoms with Gasteiger partial charge in [0.05, 0.1) is 21.6 Å². The van der Waals surface area contributed by atoms with E-state index in [0.717, 1.165) is 0 Å². The number of benzene rings is 1. The van der Waals surface area contributed by atoms with Crippen molar-refractivity contribution in [2.75, 3.05) is 26.6 Å². The molecule has 18 heavy (non-hydrogen) atoms. The van der Waals surface area contributed by atoms with Crippen LogP contribution in [0.2, 0.25) is 0 Å². The first-order valence-corrected chi connectivity index (χ1v) is 4.93. The second-order valence-corrected chi connectivity index (χ2v) is 3.45. The van der Waals surface area contributed by atoms with Crippen molar-refractivity contribution in [1.82, 2.24) is 4.90 Å². The van der Waals surface area contributed by atoms with Crippen LogP contribution in [0.3, 0.4) is 0 Å². The van der Waals surface area contributed by atoms with Gasteiger partial charge in [0.15, 0.2) is 0 Å². The zero-order chi connectivity index (χ0) is 27.7. The molecule has 0 aliphatic carbocycles. The molecule has 98 valence electrons. The van der Waals surface area contributed by atoms with E-state index in [0.29, 0.717) is 4.90 Å². The summed E-state index contributed by atoms with van der Waals surface area (Å²) in [7, 11) is 0. The van der Waals surface area contributed by atoms with Gasteiger partial charge in [-0.1, -0.05) is 30.2 Å². The number of likely N-dealkylation sites (tertiary alicyclic amines) is 1. The molecule has 0 bridgehead atoms. The zero-order valence-electron chi connectivity index (χ0n) is 26.2. The Balaban J connectivity index is 3.04. The van der Waals surface area contributed by atoms with Gasteiger partial charge in [-0.15, -0.1) is 0 Å².